The monoisotopic (exact) mass is 484 g/mol. The van der Waals surface area contributed by atoms with Gasteiger partial charge in [-0.15, -0.1) is 11.3 Å². The maximum Gasteiger partial charge on any atom is 0.321 e. The number of nitrogens with one attached hydrogen (secondary N) is 2. The number of carbonyl (C=O) groups excluding carboxylic acids is 2. The van der Waals surface area contributed by atoms with Gasteiger partial charge >= 0.3 is 6.03 Å². The van der Waals surface area contributed by atoms with Crippen LogP contribution in [0.4, 0.5) is 4.79 Å². The molecule has 0 atom stereocenters. The molecule has 0 spiro atoms. The highest BCUT2D eigenvalue weighted by Gasteiger charge is 2.26. The van der Waals surface area contributed by atoms with Crippen molar-refractivity contribution in [2.75, 3.05) is 12.9 Å². The zero-order valence-corrected chi connectivity index (χ0v) is 19.8. The minimum absolute atomic E-state index is 0.0454. The summed E-state index contributed by atoms with van der Waals surface area (Å²) in [5, 5.41) is 6.14. The van der Waals surface area contributed by atoms with Gasteiger partial charge in [0, 0.05) is 10.9 Å². The standard InChI is InChI=1S/C23H24N4O4S2/c1-31-16-8-4-3-7-15(16)27-21(29)19-14-6-2-5-9-17(14)33-20(19)26-23(27)32-12-18(28)25-22(30)24-13-10-11-13/h3-4,7-8,13H,2,5-6,9-12H2,1H3,(H2,24,25,28,30). The topological polar surface area (TPSA) is 102 Å². The molecule has 0 radical (unpaired) electrons. The van der Waals surface area contributed by atoms with Crippen LogP contribution in [0, 0.1) is 0 Å². The van der Waals surface area contributed by atoms with Crippen LogP contribution in [0.15, 0.2) is 34.2 Å². The van der Waals surface area contributed by atoms with Crippen molar-refractivity contribution in [1.29, 1.82) is 0 Å². The van der Waals surface area contributed by atoms with Gasteiger partial charge < -0.3 is 10.1 Å². The molecule has 172 valence electrons. The second-order valence-corrected chi connectivity index (χ2v) is 10.2. The molecule has 3 aromatic rings. The SMILES string of the molecule is COc1ccccc1-n1c(SCC(=O)NC(=O)NC2CC2)nc2sc3c(c2c1=O)CCCC3. The zero-order chi connectivity index (χ0) is 22.9. The first kappa shape index (κ1) is 22.0. The fraction of sp³-hybridized carbons (Fsp3) is 0.391. The Morgan fingerprint density at radius 2 is 2.03 bits per heavy atom. The Morgan fingerprint density at radius 1 is 1.24 bits per heavy atom. The molecule has 2 aliphatic rings. The Bertz CT molecular complexity index is 1300. The number of ether oxygens (including phenoxy) is 1. The summed E-state index contributed by atoms with van der Waals surface area (Å²) in [6.45, 7) is 0. The predicted octanol–water partition coefficient (Wildman–Crippen LogP) is 3.41. The first-order valence-electron chi connectivity index (χ1n) is 11.0. The minimum atomic E-state index is -0.487. The molecule has 8 nitrogen and oxygen atoms in total. The molecule has 10 heteroatoms. The molecule has 0 aliphatic heterocycles. The summed E-state index contributed by atoms with van der Waals surface area (Å²) >= 11 is 2.70. The van der Waals surface area contributed by atoms with Gasteiger partial charge in [-0.25, -0.2) is 9.78 Å². The van der Waals surface area contributed by atoms with Crippen LogP contribution < -0.4 is 20.9 Å². The Balaban J connectivity index is 1.52. The lowest BCUT2D eigenvalue weighted by Crippen LogP contribution is -2.41. The van der Waals surface area contributed by atoms with Crippen LogP contribution in [0.2, 0.25) is 0 Å². The number of carbonyl (C=O) groups is 2. The van der Waals surface area contributed by atoms with Crippen LogP contribution in [0.1, 0.15) is 36.1 Å². The number of benzene rings is 1. The maximum atomic E-state index is 13.8. The van der Waals surface area contributed by atoms with Crippen molar-refractivity contribution in [2.24, 2.45) is 0 Å². The molecular weight excluding hydrogens is 460 g/mol. The van der Waals surface area contributed by atoms with Gasteiger partial charge in [0.2, 0.25) is 5.91 Å². The molecule has 3 amide bonds. The van der Waals surface area contributed by atoms with E-state index < -0.39 is 11.9 Å². The number of aromatic nitrogens is 2. The number of fused-ring (bicyclic) bond motifs is 3. The number of methoxy groups -OCH3 is 1. The van der Waals surface area contributed by atoms with E-state index in [0.717, 1.165) is 55.9 Å². The smallest absolute Gasteiger partial charge is 0.321 e. The number of amides is 3. The summed E-state index contributed by atoms with van der Waals surface area (Å²) in [6, 6.07) is 6.94. The van der Waals surface area contributed by atoms with Crippen molar-refractivity contribution in [3.05, 3.63) is 45.1 Å². The number of hydrogen-bond donors (Lipinski definition) is 2. The van der Waals surface area contributed by atoms with Crippen LogP contribution in [0.3, 0.4) is 0 Å². The van der Waals surface area contributed by atoms with Crippen molar-refractivity contribution >= 4 is 45.3 Å². The number of aryl methyl sites for hydroxylation is 2. The van der Waals surface area contributed by atoms with Crippen LogP contribution >= 0.6 is 23.1 Å². The summed E-state index contributed by atoms with van der Waals surface area (Å²) in [4.78, 5) is 44.8. The average molecular weight is 485 g/mol. The van der Waals surface area contributed by atoms with Gasteiger partial charge in [0.1, 0.15) is 10.6 Å². The molecule has 0 unspecified atom stereocenters. The van der Waals surface area contributed by atoms with Crippen LogP contribution in [0.25, 0.3) is 15.9 Å². The fourth-order valence-electron chi connectivity index (χ4n) is 4.05. The summed E-state index contributed by atoms with van der Waals surface area (Å²) in [6.07, 6.45) is 5.90. The van der Waals surface area contributed by atoms with Crippen LogP contribution in [-0.2, 0) is 17.6 Å². The Kier molecular flexibility index (Phi) is 6.11. The highest BCUT2D eigenvalue weighted by molar-refractivity contribution is 7.99. The number of imide groups is 1. The van der Waals surface area contributed by atoms with E-state index in [1.807, 2.05) is 12.1 Å². The first-order chi connectivity index (χ1) is 16.0. The van der Waals surface area contributed by atoms with E-state index in [1.165, 1.54) is 9.44 Å². The second-order valence-electron chi connectivity index (χ2n) is 8.18. The summed E-state index contributed by atoms with van der Waals surface area (Å²) in [7, 11) is 1.56. The van der Waals surface area contributed by atoms with Crippen molar-refractivity contribution in [3.8, 4) is 11.4 Å². The van der Waals surface area contributed by atoms with E-state index in [1.54, 1.807) is 30.6 Å². The Hall–Kier alpha value is -2.85. The third-order valence-corrected chi connectivity index (χ3v) is 7.91. The van der Waals surface area contributed by atoms with Crippen molar-refractivity contribution in [1.82, 2.24) is 20.2 Å². The van der Waals surface area contributed by atoms with Crippen LogP contribution in [0.5, 0.6) is 5.75 Å². The fourth-order valence-corrected chi connectivity index (χ4v) is 6.16. The zero-order valence-electron chi connectivity index (χ0n) is 18.2. The number of hydrogen-bond acceptors (Lipinski definition) is 7. The largest absolute Gasteiger partial charge is 0.495 e. The minimum Gasteiger partial charge on any atom is -0.495 e. The third kappa shape index (κ3) is 4.49. The highest BCUT2D eigenvalue weighted by Crippen LogP contribution is 2.36. The van der Waals surface area contributed by atoms with Crippen molar-refractivity contribution in [3.63, 3.8) is 0 Å². The van der Waals surface area contributed by atoms with Crippen molar-refractivity contribution < 1.29 is 14.3 Å². The van der Waals surface area contributed by atoms with Gasteiger partial charge in [-0.1, -0.05) is 23.9 Å². The van der Waals surface area contributed by atoms with Gasteiger partial charge in [-0.2, -0.15) is 0 Å². The van der Waals surface area contributed by atoms with Gasteiger partial charge in [-0.3, -0.25) is 19.5 Å². The molecule has 0 saturated heterocycles. The summed E-state index contributed by atoms with van der Waals surface area (Å²) in [5.74, 6) is 0.0560. The molecular formula is C23H24N4O4S2. The van der Waals surface area contributed by atoms with E-state index in [-0.39, 0.29) is 17.4 Å². The van der Waals surface area contributed by atoms with Gasteiger partial charge in [-0.05, 0) is 56.2 Å². The molecule has 2 aromatic heterocycles. The molecule has 1 aromatic carbocycles. The lowest BCUT2D eigenvalue weighted by Gasteiger charge is -2.15. The molecule has 5 rings (SSSR count). The Morgan fingerprint density at radius 3 is 2.82 bits per heavy atom. The average Bonchev–Trinajstić information content (AvgIpc) is 3.54. The van der Waals surface area contributed by atoms with Gasteiger partial charge in [0.25, 0.3) is 5.56 Å². The molecule has 33 heavy (non-hydrogen) atoms. The van der Waals surface area contributed by atoms with Crippen molar-refractivity contribution in [2.45, 2.75) is 49.7 Å². The van der Waals surface area contributed by atoms with E-state index in [0.29, 0.717) is 26.8 Å². The summed E-state index contributed by atoms with van der Waals surface area (Å²) < 4.78 is 7.04. The van der Waals surface area contributed by atoms with Gasteiger partial charge in [0.05, 0.1) is 23.9 Å². The molecule has 0 bridgehead atoms. The molecule has 2 N–H and O–H groups in total. The molecule has 2 heterocycles. The van der Waals surface area contributed by atoms with E-state index in [9.17, 15) is 14.4 Å². The molecule has 1 saturated carbocycles. The first-order valence-corrected chi connectivity index (χ1v) is 12.8. The molecule has 2 aliphatic carbocycles. The van der Waals surface area contributed by atoms with E-state index >= 15 is 0 Å². The lowest BCUT2D eigenvalue weighted by atomic mass is 9.97. The third-order valence-electron chi connectivity index (χ3n) is 5.78. The lowest BCUT2D eigenvalue weighted by molar-refractivity contribution is -0.117. The number of urea groups is 1. The second kappa shape index (κ2) is 9.18. The van der Waals surface area contributed by atoms with Gasteiger partial charge in [0.15, 0.2) is 5.16 Å². The van der Waals surface area contributed by atoms with E-state index in [2.05, 4.69) is 10.6 Å². The number of rotatable bonds is 6. The highest BCUT2D eigenvalue weighted by atomic mass is 32.2. The molecule has 1 fully saturated rings. The number of thiophene rings is 1. The maximum absolute atomic E-state index is 13.8. The van der Waals surface area contributed by atoms with Crippen LogP contribution in [-0.4, -0.2) is 40.4 Å². The Labute approximate surface area is 198 Å². The normalized spacial score (nSPS) is 15.2. The van der Waals surface area contributed by atoms with E-state index in [4.69, 9.17) is 9.72 Å². The number of nitrogens with zero attached hydrogens (tertiary/aromatic N) is 2. The number of thioether (sulfide) groups is 1. The predicted molar refractivity (Wildman–Crippen MR) is 129 cm³/mol. The quantitative estimate of drug-likeness (QED) is 0.411. The summed E-state index contributed by atoms with van der Waals surface area (Å²) in [5.41, 5.74) is 1.52. The number of para-hydroxylation sites is 2.